The van der Waals surface area contributed by atoms with E-state index < -0.39 is 11.9 Å². The lowest BCUT2D eigenvalue weighted by Gasteiger charge is -2.06. The van der Waals surface area contributed by atoms with Crippen LogP contribution >= 0.6 is 0 Å². The summed E-state index contributed by atoms with van der Waals surface area (Å²) < 4.78 is 15.1. The summed E-state index contributed by atoms with van der Waals surface area (Å²) in [4.78, 5) is 42.3. The largest absolute Gasteiger partial charge is 0.465 e. The summed E-state index contributed by atoms with van der Waals surface area (Å²) >= 11 is 0. The van der Waals surface area contributed by atoms with E-state index in [2.05, 4.69) is 50.6 Å². The van der Waals surface area contributed by atoms with Crippen LogP contribution in [-0.2, 0) is 23.6 Å². The molecule has 0 unspecified atom stereocenters. The molecule has 22 heteroatoms. The molecule has 0 aliphatic heterocycles. The second-order valence-corrected chi connectivity index (χ2v) is 11.0. The molecule has 54 heavy (non-hydrogen) atoms. The van der Waals surface area contributed by atoms with E-state index in [-0.39, 0.29) is 68.8 Å². The van der Waals surface area contributed by atoms with E-state index in [1.165, 1.54) is 57.7 Å². The number of carbonyl (C=O) groups excluding carboxylic acids is 2. The Bertz CT molecular complexity index is 2400. The normalized spacial score (nSPS) is 11.5. The van der Waals surface area contributed by atoms with Crippen molar-refractivity contribution in [2.75, 3.05) is 25.7 Å². The molecule has 7 rings (SSSR count). The summed E-state index contributed by atoms with van der Waals surface area (Å²) in [5.41, 5.74) is 15.2. The predicted molar refractivity (Wildman–Crippen MR) is 189 cm³/mol. The van der Waals surface area contributed by atoms with Crippen LogP contribution < -0.4 is 11.5 Å². The smallest absolute Gasteiger partial charge is 0.343 e. The molecule has 0 aliphatic rings. The van der Waals surface area contributed by atoms with Gasteiger partial charge >= 0.3 is 11.9 Å². The zero-order chi connectivity index (χ0) is 37.9. The third kappa shape index (κ3) is 6.25. The Morgan fingerprint density at radius 2 is 1.09 bits per heavy atom. The number of nitrogens with two attached hydrogens (primary N) is 2. The van der Waals surface area contributed by atoms with Crippen molar-refractivity contribution in [2.45, 2.75) is 0 Å². The fourth-order valence-electron chi connectivity index (χ4n) is 5.11. The first-order chi connectivity index (χ1) is 26.2. The first-order valence-electron chi connectivity index (χ1n) is 15.7. The summed E-state index contributed by atoms with van der Waals surface area (Å²) in [6.45, 7) is 0. The molecule has 0 saturated carbocycles. The predicted octanol–water partition coefficient (Wildman–Crippen LogP) is 4.01. The van der Waals surface area contributed by atoms with Gasteiger partial charge in [0.1, 0.15) is 28.8 Å². The molecular weight excluding hydrogens is 700 g/mol. The molecule has 0 atom stereocenters. The quantitative estimate of drug-likeness (QED) is 0.149. The van der Waals surface area contributed by atoms with E-state index in [9.17, 15) is 9.59 Å². The van der Waals surface area contributed by atoms with Crippen molar-refractivity contribution < 1.29 is 19.1 Å². The number of azo groups is 2. The number of nitrogen functional groups attached to an aromatic ring is 2. The lowest BCUT2D eigenvalue weighted by Crippen LogP contribution is -2.09. The van der Waals surface area contributed by atoms with Crippen LogP contribution in [0.5, 0.6) is 0 Å². The summed E-state index contributed by atoms with van der Waals surface area (Å²) in [6.07, 6.45) is 7.08. The minimum Gasteiger partial charge on any atom is -0.465 e. The summed E-state index contributed by atoms with van der Waals surface area (Å²) in [5, 5.41) is 34.9. The van der Waals surface area contributed by atoms with E-state index >= 15 is 0 Å². The molecule has 0 saturated heterocycles. The van der Waals surface area contributed by atoms with Gasteiger partial charge in [-0.2, -0.15) is 29.8 Å². The summed E-state index contributed by atoms with van der Waals surface area (Å²) in [5.74, 6) is -0.585. The fraction of sp³-hybridized carbons (Fsp3) is 0.125. The maximum absolute atomic E-state index is 12.3. The molecule has 0 aromatic carbocycles. The maximum Gasteiger partial charge on any atom is 0.343 e. The molecule has 4 N–H and O–H groups in total. The van der Waals surface area contributed by atoms with Gasteiger partial charge in [-0.3, -0.25) is 9.97 Å². The van der Waals surface area contributed by atoms with E-state index in [1.54, 1.807) is 62.9 Å². The Balaban J connectivity index is 1.33. The summed E-state index contributed by atoms with van der Waals surface area (Å²) in [7, 11) is 5.69. The zero-order valence-corrected chi connectivity index (χ0v) is 28.9. The van der Waals surface area contributed by atoms with Crippen LogP contribution in [0.4, 0.5) is 34.6 Å². The molecule has 0 fully saturated rings. The second kappa shape index (κ2) is 14.3. The van der Waals surface area contributed by atoms with Crippen LogP contribution in [0.2, 0.25) is 0 Å². The minimum atomic E-state index is -0.643. The lowest BCUT2D eigenvalue weighted by molar-refractivity contribution is 0.0592. The molecule has 7 aromatic heterocycles. The first-order valence-corrected chi connectivity index (χ1v) is 15.7. The highest BCUT2D eigenvalue weighted by Crippen LogP contribution is 2.39. The molecule has 0 radical (unpaired) electrons. The SMILES string of the molecule is COC(=O)c1cnn(C)c1/N=N/c1c(-c2ccccn2)nn(-c2cc(-n3nc(-c4ccccn4)c(/N=N/c4c(C(=O)OC)cnn4C)c3N)ncn2)c1N. The number of carbonyl (C=O) groups is 2. The van der Waals surface area contributed by atoms with Gasteiger partial charge in [-0.05, 0) is 24.3 Å². The van der Waals surface area contributed by atoms with E-state index in [1.807, 2.05) is 0 Å². The van der Waals surface area contributed by atoms with Gasteiger partial charge in [0.15, 0.2) is 46.3 Å². The summed E-state index contributed by atoms with van der Waals surface area (Å²) in [6, 6.07) is 12.0. The monoisotopic (exact) mass is 728 g/mol. The standard InChI is InChI=1S/C32H28N18O4/c1-47-29(17(14-39-47)31(51)53-3)43-41-25-23(19-9-5-7-11-35-19)45-49(27(25)33)21-13-22(38-16-37-21)50-28(34)26(24(46-50)20-10-6-8-12-36-20)42-44-30-18(32(52)54-4)15-40-48(30)2/h5-16H,33-34H2,1-4H3/b43-41+,44-42+. The molecule has 0 aliphatic carbocycles. The average Bonchev–Trinajstić information content (AvgIpc) is 3.95. The number of nitrogens with zero attached hydrogens (tertiary/aromatic N) is 16. The molecule has 270 valence electrons. The van der Waals surface area contributed by atoms with Crippen molar-refractivity contribution in [3.63, 3.8) is 0 Å². The van der Waals surface area contributed by atoms with Crippen molar-refractivity contribution in [1.82, 2.24) is 59.1 Å². The average molecular weight is 729 g/mol. The second-order valence-electron chi connectivity index (χ2n) is 11.0. The van der Waals surface area contributed by atoms with Gasteiger partial charge < -0.3 is 20.9 Å². The number of esters is 2. The third-order valence-corrected chi connectivity index (χ3v) is 7.79. The molecule has 22 nitrogen and oxygen atoms in total. The van der Waals surface area contributed by atoms with Crippen molar-refractivity contribution in [3.8, 4) is 34.4 Å². The van der Waals surface area contributed by atoms with Crippen LogP contribution in [0.1, 0.15) is 20.7 Å². The number of aryl methyl sites for hydroxylation is 2. The Morgan fingerprint density at radius 1 is 0.648 bits per heavy atom. The van der Waals surface area contributed by atoms with Gasteiger partial charge in [0.2, 0.25) is 0 Å². The third-order valence-electron chi connectivity index (χ3n) is 7.79. The molecule has 7 aromatic rings. The number of rotatable bonds is 10. The van der Waals surface area contributed by atoms with E-state index in [0.717, 1.165) is 0 Å². The van der Waals surface area contributed by atoms with Crippen LogP contribution in [0.25, 0.3) is 34.4 Å². The minimum absolute atomic E-state index is 0.0283. The van der Waals surface area contributed by atoms with Crippen LogP contribution in [0, 0.1) is 0 Å². The van der Waals surface area contributed by atoms with Gasteiger partial charge in [0.25, 0.3) is 0 Å². The van der Waals surface area contributed by atoms with E-state index in [0.29, 0.717) is 11.4 Å². The van der Waals surface area contributed by atoms with Crippen molar-refractivity contribution in [3.05, 3.63) is 84.7 Å². The maximum atomic E-state index is 12.3. The van der Waals surface area contributed by atoms with Gasteiger partial charge in [-0.1, -0.05) is 12.1 Å². The molecule has 0 amide bonds. The fourth-order valence-corrected chi connectivity index (χ4v) is 5.11. The van der Waals surface area contributed by atoms with Gasteiger partial charge in [0.05, 0.1) is 38.0 Å². The Kier molecular flexibility index (Phi) is 9.11. The van der Waals surface area contributed by atoms with Crippen LogP contribution in [-0.4, -0.2) is 85.2 Å². The van der Waals surface area contributed by atoms with Gasteiger partial charge in [0, 0.05) is 32.6 Å². The first kappa shape index (κ1) is 34.4. The van der Waals surface area contributed by atoms with Crippen LogP contribution in [0.3, 0.4) is 0 Å². The Morgan fingerprint density at radius 3 is 1.48 bits per heavy atom. The van der Waals surface area contributed by atoms with Crippen molar-refractivity contribution in [1.29, 1.82) is 0 Å². The van der Waals surface area contributed by atoms with Crippen molar-refractivity contribution >= 4 is 46.6 Å². The Labute approximate surface area is 303 Å². The van der Waals surface area contributed by atoms with Crippen molar-refractivity contribution in [2.24, 2.45) is 34.6 Å². The molecular formula is C32H28N18O4. The number of ether oxygens (including phenoxy) is 2. The molecule has 7 heterocycles. The van der Waals surface area contributed by atoms with E-state index in [4.69, 9.17) is 31.1 Å². The highest BCUT2D eigenvalue weighted by atomic mass is 16.5. The molecule has 0 spiro atoms. The molecule has 0 bridgehead atoms. The Hall–Kier alpha value is -8.04. The number of hydrogen-bond acceptors (Lipinski definition) is 18. The highest BCUT2D eigenvalue weighted by molar-refractivity contribution is 5.94. The number of methoxy groups -OCH3 is 2. The van der Waals surface area contributed by atoms with Crippen LogP contribution in [0.15, 0.2) is 94.0 Å². The topological polar surface area (TPSA) is 277 Å². The van der Waals surface area contributed by atoms with Gasteiger partial charge in [-0.25, -0.2) is 28.9 Å². The number of aromatic nitrogens is 12. The highest BCUT2D eigenvalue weighted by Gasteiger charge is 2.25. The number of anilines is 2. The van der Waals surface area contributed by atoms with Gasteiger partial charge in [-0.15, -0.1) is 20.5 Å². The number of pyridine rings is 2. The number of hydrogen-bond donors (Lipinski definition) is 2. The lowest BCUT2D eigenvalue weighted by atomic mass is 10.2. The zero-order valence-electron chi connectivity index (χ0n) is 28.9.